The summed E-state index contributed by atoms with van der Waals surface area (Å²) < 4.78 is 5.01. The number of hydrogen-bond donors (Lipinski definition) is 0. The van der Waals surface area contributed by atoms with Crippen molar-refractivity contribution in [1.82, 2.24) is 9.13 Å². The predicted octanol–water partition coefficient (Wildman–Crippen LogP) is 12.8. The third-order valence-electron chi connectivity index (χ3n) is 14.3. The Morgan fingerprint density at radius 2 is 0.942 bits per heavy atom. The Morgan fingerprint density at radius 3 is 1.63 bits per heavy atom. The summed E-state index contributed by atoms with van der Waals surface area (Å²) in [5.74, 6) is 3.27. The molecule has 5 aliphatic rings. The molecule has 2 heteroatoms. The lowest BCUT2D eigenvalue weighted by Gasteiger charge is -2.61. The van der Waals surface area contributed by atoms with Crippen LogP contribution in [0.3, 0.4) is 0 Å². The summed E-state index contributed by atoms with van der Waals surface area (Å²) in [7, 11) is 0. The molecule has 0 saturated heterocycles. The Bertz CT molecular complexity index is 2890. The van der Waals surface area contributed by atoms with Gasteiger partial charge in [-0.3, -0.25) is 0 Å². The summed E-state index contributed by atoms with van der Waals surface area (Å²) in [5, 5.41) is 8.21. The first-order chi connectivity index (χ1) is 25.8. The van der Waals surface area contributed by atoms with Gasteiger partial charge in [0.15, 0.2) is 0 Å². The summed E-state index contributed by atoms with van der Waals surface area (Å²) in [6, 6.07) is 55.3. The van der Waals surface area contributed by atoms with Gasteiger partial charge in [-0.15, -0.1) is 0 Å². The Balaban J connectivity index is 1.11. The van der Waals surface area contributed by atoms with E-state index in [9.17, 15) is 0 Å². The van der Waals surface area contributed by atoms with Gasteiger partial charge in [0.25, 0.3) is 0 Å². The second kappa shape index (κ2) is 9.83. The van der Waals surface area contributed by atoms with Crippen LogP contribution in [0.15, 0.2) is 146 Å². The van der Waals surface area contributed by atoms with Gasteiger partial charge in [0, 0.05) is 38.3 Å². The van der Waals surface area contributed by atoms with Gasteiger partial charge in [-0.2, -0.15) is 0 Å². The monoisotopic (exact) mass is 666 g/mol. The first-order valence-corrected chi connectivity index (χ1v) is 19.5. The minimum absolute atomic E-state index is 0.0926. The molecule has 0 aliphatic heterocycles. The van der Waals surface area contributed by atoms with Crippen LogP contribution < -0.4 is 0 Å². The minimum atomic E-state index is 0.0926. The molecule has 9 aromatic rings. The van der Waals surface area contributed by atoms with E-state index in [-0.39, 0.29) is 5.41 Å². The van der Waals surface area contributed by atoms with Crippen molar-refractivity contribution in [1.29, 1.82) is 0 Å². The van der Waals surface area contributed by atoms with Crippen LogP contribution in [0.2, 0.25) is 0 Å². The van der Waals surface area contributed by atoms with Crippen molar-refractivity contribution in [2.45, 2.75) is 37.5 Å². The van der Waals surface area contributed by atoms with Gasteiger partial charge >= 0.3 is 0 Å². The molecule has 5 aliphatic carbocycles. The molecule has 0 atom stereocenters. The van der Waals surface area contributed by atoms with Gasteiger partial charge in [-0.1, -0.05) is 97.1 Å². The Hall–Kier alpha value is -5.60. The lowest BCUT2D eigenvalue weighted by molar-refractivity contribution is -0.0393. The van der Waals surface area contributed by atoms with Crippen LogP contribution in [0.1, 0.15) is 43.2 Å². The Labute approximate surface area is 302 Å². The molecule has 248 valence electrons. The summed E-state index contributed by atoms with van der Waals surface area (Å²) in [6.45, 7) is 0. The second-order valence-electron chi connectivity index (χ2n) is 16.5. The van der Waals surface area contributed by atoms with Crippen LogP contribution in [0.25, 0.3) is 76.9 Å². The van der Waals surface area contributed by atoms with Crippen molar-refractivity contribution in [2.75, 3.05) is 0 Å². The highest BCUT2D eigenvalue weighted by atomic mass is 15.0. The van der Waals surface area contributed by atoms with E-state index >= 15 is 0 Å². The average Bonchev–Trinajstić information content (AvgIpc) is 3.81. The van der Waals surface area contributed by atoms with Crippen LogP contribution in [-0.4, -0.2) is 9.13 Å². The zero-order valence-corrected chi connectivity index (χ0v) is 29.1. The first-order valence-electron chi connectivity index (χ1n) is 19.5. The fourth-order valence-electron chi connectivity index (χ4n) is 12.7. The van der Waals surface area contributed by atoms with Gasteiger partial charge in [0.1, 0.15) is 0 Å². The SMILES string of the molecule is c1ccc2c(c1)-c1ccc3c(c1C21C2CC4CC(C2)CC1C4)c1c2ccccc2ccc1n3-c1ccc(-n2c3ccccc3c3ccccc32)cc1. The molecule has 1 spiro atoms. The van der Waals surface area contributed by atoms with Crippen LogP contribution in [-0.2, 0) is 5.41 Å². The van der Waals surface area contributed by atoms with Crippen molar-refractivity contribution in [3.8, 4) is 22.5 Å². The van der Waals surface area contributed by atoms with Crippen molar-refractivity contribution >= 4 is 54.4 Å². The first kappa shape index (κ1) is 28.0. The molecule has 0 amide bonds. The van der Waals surface area contributed by atoms with Crippen LogP contribution in [0.5, 0.6) is 0 Å². The number of aromatic nitrogens is 2. The smallest absolute Gasteiger partial charge is 0.0547 e. The zero-order chi connectivity index (χ0) is 33.7. The number of para-hydroxylation sites is 2. The maximum Gasteiger partial charge on any atom is 0.0547 e. The van der Waals surface area contributed by atoms with Crippen LogP contribution >= 0.6 is 0 Å². The van der Waals surface area contributed by atoms with Gasteiger partial charge < -0.3 is 9.13 Å². The van der Waals surface area contributed by atoms with Crippen LogP contribution in [0.4, 0.5) is 0 Å². The molecule has 14 rings (SSSR count). The van der Waals surface area contributed by atoms with E-state index in [0.717, 1.165) is 23.7 Å². The summed E-state index contributed by atoms with van der Waals surface area (Å²) >= 11 is 0. The third kappa shape index (κ3) is 3.33. The van der Waals surface area contributed by atoms with E-state index in [1.807, 2.05) is 0 Å². The van der Waals surface area contributed by atoms with Crippen LogP contribution in [0, 0.1) is 23.7 Å². The molecule has 4 saturated carbocycles. The van der Waals surface area contributed by atoms with E-state index < -0.39 is 0 Å². The molecule has 4 fully saturated rings. The normalized spacial score (nSPS) is 24.2. The van der Waals surface area contributed by atoms with Crippen molar-refractivity contribution in [3.63, 3.8) is 0 Å². The Kier molecular flexibility index (Phi) is 5.30. The molecule has 0 unspecified atom stereocenters. The number of fused-ring (bicyclic) bond motifs is 12. The molecule has 2 aromatic heterocycles. The highest BCUT2D eigenvalue weighted by Gasteiger charge is 2.62. The topological polar surface area (TPSA) is 9.86 Å². The molecule has 7 aromatic carbocycles. The van der Waals surface area contributed by atoms with Gasteiger partial charge in [-0.05, 0) is 137 Å². The molecule has 2 nitrogen and oxygen atoms in total. The largest absolute Gasteiger partial charge is 0.309 e. The van der Waals surface area contributed by atoms with E-state index in [1.54, 1.807) is 11.1 Å². The quantitative estimate of drug-likeness (QED) is 0.174. The maximum atomic E-state index is 2.58. The zero-order valence-electron chi connectivity index (χ0n) is 29.1. The van der Waals surface area contributed by atoms with E-state index in [4.69, 9.17) is 0 Å². The molecular formula is C50H38N2. The van der Waals surface area contributed by atoms with Crippen molar-refractivity contribution in [2.24, 2.45) is 23.7 Å². The molecule has 0 radical (unpaired) electrons. The molecule has 4 bridgehead atoms. The fourth-order valence-corrected chi connectivity index (χ4v) is 12.7. The minimum Gasteiger partial charge on any atom is -0.309 e. The van der Waals surface area contributed by atoms with E-state index in [0.29, 0.717) is 0 Å². The molecular weight excluding hydrogens is 629 g/mol. The number of benzene rings is 7. The number of hydrogen-bond acceptors (Lipinski definition) is 0. The Morgan fingerprint density at radius 1 is 0.404 bits per heavy atom. The van der Waals surface area contributed by atoms with Gasteiger partial charge in [0.2, 0.25) is 0 Å². The fraction of sp³-hybridized carbons (Fsp3) is 0.200. The van der Waals surface area contributed by atoms with E-state index in [2.05, 4.69) is 155 Å². The average molecular weight is 667 g/mol. The summed E-state index contributed by atoms with van der Waals surface area (Å²) in [6.07, 6.45) is 7.03. The highest BCUT2D eigenvalue weighted by Crippen LogP contribution is 2.70. The third-order valence-corrected chi connectivity index (χ3v) is 14.3. The second-order valence-corrected chi connectivity index (χ2v) is 16.5. The molecule has 0 N–H and O–H groups in total. The molecule has 2 heterocycles. The predicted molar refractivity (Wildman–Crippen MR) is 216 cm³/mol. The summed E-state index contributed by atoms with van der Waals surface area (Å²) in [4.78, 5) is 0. The lowest BCUT2D eigenvalue weighted by atomic mass is 9.43. The molecule has 52 heavy (non-hydrogen) atoms. The van der Waals surface area contributed by atoms with Crippen molar-refractivity contribution in [3.05, 3.63) is 157 Å². The lowest BCUT2D eigenvalue weighted by Crippen LogP contribution is -2.55. The van der Waals surface area contributed by atoms with Gasteiger partial charge in [-0.25, -0.2) is 0 Å². The number of rotatable bonds is 2. The van der Waals surface area contributed by atoms with Gasteiger partial charge in [0.05, 0.1) is 22.1 Å². The maximum absolute atomic E-state index is 2.58. The standard InChI is InChI=1S/C50H38N2/c1-2-10-37-32(9-1)17-23-45-47(37)48-46(52(45)36-20-18-35(19-21-36)51-43-15-7-4-12-39(43)40-13-5-8-16-44(40)51)24-22-41-38-11-3-6-14-42(38)50(49(41)48)33-26-30-25-31(28-33)29-34(50)27-30/h1-24,30-31,33-34H,25-29H2. The van der Waals surface area contributed by atoms with E-state index in [1.165, 1.54) is 109 Å². The highest BCUT2D eigenvalue weighted by molar-refractivity contribution is 6.24. The van der Waals surface area contributed by atoms with Crippen molar-refractivity contribution < 1.29 is 0 Å². The summed E-state index contributed by atoms with van der Waals surface area (Å²) in [5.41, 5.74) is 13.9. The number of nitrogens with zero attached hydrogens (tertiary/aromatic N) is 2.